The molecule has 0 heterocycles. The number of alkyl halides is 4. The predicted octanol–water partition coefficient (Wildman–Crippen LogP) is 4.01. The Hall–Kier alpha value is -0.700. The second kappa shape index (κ2) is 4.22. The van der Waals surface area contributed by atoms with Crippen LogP contribution in [0.3, 0.4) is 0 Å². The Morgan fingerprint density at radius 3 is 2.36 bits per heavy atom. The van der Waals surface area contributed by atoms with Crippen LogP contribution in [0.25, 0.3) is 0 Å². The second-order valence-electron chi connectivity index (χ2n) is 2.98. The van der Waals surface area contributed by atoms with Crippen molar-refractivity contribution < 1.29 is 13.2 Å². The van der Waals surface area contributed by atoms with Gasteiger partial charge >= 0.3 is 6.18 Å². The first-order valence-electron chi connectivity index (χ1n) is 4.24. The first kappa shape index (κ1) is 11.4. The quantitative estimate of drug-likeness (QED) is 0.664. The average Bonchev–Trinajstić information content (AvgIpc) is 2.15. The van der Waals surface area contributed by atoms with Crippen LogP contribution in [0.5, 0.6) is 0 Å². The lowest BCUT2D eigenvalue weighted by atomic mass is 10.0. The molecule has 0 aliphatic rings. The third kappa shape index (κ3) is 2.41. The van der Waals surface area contributed by atoms with E-state index in [1.807, 2.05) is 6.92 Å². The molecule has 0 radical (unpaired) electrons. The van der Waals surface area contributed by atoms with Gasteiger partial charge in [-0.2, -0.15) is 13.2 Å². The summed E-state index contributed by atoms with van der Waals surface area (Å²) in [5, 5.41) is 0. The van der Waals surface area contributed by atoms with Gasteiger partial charge in [0.1, 0.15) is 0 Å². The van der Waals surface area contributed by atoms with Crippen molar-refractivity contribution >= 4 is 11.6 Å². The Morgan fingerprint density at radius 1 is 1.29 bits per heavy atom. The second-order valence-corrected chi connectivity index (χ2v) is 3.24. The van der Waals surface area contributed by atoms with Crippen LogP contribution >= 0.6 is 11.6 Å². The minimum absolute atomic E-state index is 0.112. The summed E-state index contributed by atoms with van der Waals surface area (Å²) in [6.45, 7) is 1.82. The Bertz CT molecular complexity index is 318. The topological polar surface area (TPSA) is 0 Å². The summed E-state index contributed by atoms with van der Waals surface area (Å²) in [5.41, 5.74) is 0.189. The van der Waals surface area contributed by atoms with Crippen LogP contribution in [0, 0.1) is 0 Å². The molecule has 0 bridgehead atoms. The van der Waals surface area contributed by atoms with E-state index in [1.165, 1.54) is 6.07 Å². The van der Waals surface area contributed by atoms with E-state index < -0.39 is 11.7 Å². The van der Waals surface area contributed by atoms with Gasteiger partial charge in [0.2, 0.25) is 0 Å². The average molecular weight is 223 g/mol. The molecule has 78 valence electrons. The molecule has 4 heteroatoms. The lowest BCUT2D eigenvalue weighted by Gasteiger charge is -2.12. The maximum Gasteiger partial charge on any atom is 0.416 e. The highest BCUT2D eigenvalue weighted by Crippen LogP contribution is 2.33. The zero-order valence-corrected chi connectivity index (χ0v) is 8.41. The Balaban J connectivity index is 3.22. The Labute approximate surface area is 85.7 Å². The maximum atomic E-state index is 12.5. The van der Waals surface area contributed by atoms with Gasteiger partial charge in [-0.25, -0.2) is 0 Å². The molecule has 0 N–H and O–H groups in total. The summed E-state index contributed by atoms with van der Waals surface area (Å²) in [7, 11) is 0. The van der Waals surface area contributed by atoms with Crippen LogP contribution in [0.1, 0.15) is 23.6 Å². The van der Waals surface area contributed by atoms with Gasteiger partial charge in [0.25, 0.3) is 0 Å². The minimum Gasteiger partial charge on any atom is -0.166 e. The van der Waals surface area contributed by atoms with Gasteiger partial charge in [-0.3, -0.25) is 0 Å². The maximum absolute atomic E-state index is 12.5. The number of rotatable bonds is 2. The monoisotopic (exact) mass is 222 g/mol. The van der Waals surface area contributed by atoms with Crippen LogP contribution in [-0.2, 0) is 18.5 Å². The number of benzene rings is 1. The molecule has 0 saturated carbocycles. The van der Waals surface area contributed by atoms with Crippen LogP contribution in [0.15, 0.2) is 18.2 Å². The highest BCUT2D eigenvalue weighted by Gasteiger charge is 2.33. The van der Waals surface area contributed by atoms with Crippen LogP contribution in [-0.4, -0.2) is 0 Å². The highest BCUT2D eigenvalue weighted by molar-refractivity contribution is 6.17. The normalized spacial score (nSPS) is 11.8. The Kier molecular flexibility index (Phi) is 3.43. The third-order valence-corrected chi connectivity index (χ3v) is 2.32. The zero-order valence-electron chi connectivity index (χ0n) is 7.66. The molecule has 1 aromatic carbocycles. The largest absolute Gasteiger partial charge is 0.416 e. The molecular weight excluding hydrogens is 213 g/mol. The standard InChI is InChI=1S/C10H10ClF3/c1-2-7-3-4-8(6-11)9(5-7)10(12,13)14/h3-5H,2,6H2,1H3. The smallest absolute Gasteiger partial charge is 0.166 e. The summed E-state index contributed by atoms with van der Waals surface area (Å²) < 4.78 is 37.5. The molecule has 0 atom stereocenters. The van der Waals surface area contributed by atoms with Crippen molar-refractivity contribution in [1.29, 1.82) is 0 Å². The molecule has 0 aliphatic carbocycles. The highest BCUT2D eigenvalue weighted by atomic mass is 35.5. The summed E-state index contributed by atoms with van der Waals surface area (Å²) >= 11 is 5.43. The van der Waals surface area contributed by atoms with Gasteiger partial charge in [0.15, 0.2) is 0 Å². The lowest BCUT2D eigenvalue weighted by molar-refractivity contribution is -0.138. The number of hydrogen-bond donors (Lipinski definition) is 0. The lowest BCUT2D eigenvalue weighted by Crippen LogP contribution is -2.09. The van der Waals surface area contributed by atoms with Crippen molar-refractivity contribution in [2.24, 2.45) is 0 Å². The number of halogens is 4. The first-order valence-corrected chi connectivity index (χ1v) is 4.77. The molecule has 0 aliphatic heterocycles. The minimum atomic E-state index is -4.31. The van der Waals surface area contributed by atoms with Gasteiger partial charge in [-0.05, 0) is 23.6 Å². The van der Waals surface area contributed by atoms with Crippen molar-refractivity contribution in [2.75, 3.05) is 0 Å². The predicted molar refractivity (Wildman–Crippen MR) is 50.4 cm³/mol. The van der Waals surface area contributed by atoms with E-state index in [0.29, 0.717) is 12.0 Å². The summed E-state index contributed by atoms with van der Waals surface area (Å²) in [6, 6.07) is 4.28. The first-order chi connectivity index (χ1) is 6.49. The summed E-state index contributed by atoms with van der Waals surface area (Å²) in [6.07, 6.45) is -3.72. The molecular formula is C10H10ClF3. The van der Waals surface area contributed by atoms with Crippen LogP contribution in [0.2, 0.25) is 0 Å². The van der Waals surface area contributed by atoms with Crippen LogP contribution in [0.4, 0.5) is 13.2 Å². The number of aryl methyl sites for hydroxylation is 1. The van der Waals surface area contributed by atoms with E-state index >= 15 is 0 Å². The molecule has 0 nitrogen and oxygen atoms in total. The van der Waals surface area contributed by atoms with Crippen molar-refractivity contribution in [1.82, 2.24) is 0 Å². The molecule has 1 rings (SSSR count). The van der Waals surface area contributed by atoms with E-state index in [4.69, 9.17) is 11.6 Å². The van der Waals surface area contributed by atoms with E-state index in [-0.39, 0.29) is 11.4 Å². The fraction of sp³-hybridized carbons (Fsp3) is 0.400. The molecule has 0 spiro atoms. The van der Waals surface area contributed by atoms with E-state index in [0.717, 1.165) is 6.07 Å². The van der Waals surface area contributed by atoms with Gasteiger partial charge in [-0.1, -0.05) is 19.1 Å². The molecule has 0 aromatic heterocycles. The van der Waals surface area contributed by atoms with Crippen LogP contribution < -0.4 is 0 Å². The molecule has 0 unspecified atom stereocenters. The van der Waals surface area contributed by atoms with E-state index in [9.17, 15) is 13.2 Å². The molecule has 0 saturated heterocycles. The fourth-order valence-electron chi connectivity index (χ4n) is 1.22. The third-order valence-electron chi connectivity index (χ3n) is 2.03. The van der Waals surface area contributed by atoms with Crippen molar-refractivity contribution in [3.8, 4) is 0 Å². The summed E-state index contributed by atoms with van der Waals surface area (Å²) in [4.78, 5) is 0. The van der Waals surface area contributed by atoms with Gasteiger partial charge in [0, 0.05) is 5.88 Å². The van der Waals surface area contributed by atoms with E-state index in [2.05, 4.69) is 0 Å². The molecule has 0 amide bonds. The fourth-order valence-corrected chi connectivity index (χ4v) is 1.46. The Morgan fingerprint density at radius 2 is 1.93 bits per heavy atom. The molecule has 1 aromatic rings. The van der Waals surface area contributed by atoms with Gasteiger partial charge < -0.3 is 0 Å². The molecule has 0 fully saturated rings. The summed E-state index contributed by atoms with van der Waals surface area (Å²) in [5.74, 6) is -0.112. The van der Waals surface area contributed by atoms with E-state index in [1.54, 1.807) is 6.07 Å². The number of hydrogen-bond acceptors (Lipinski definition) is 0. The van der Waals surface area contributed by atoms with Crippen molar-refractivity contribution in [2.45, 2.75) is 25.4 Å². The van der Waals surface area contributed by atoms with Crippen molar-refractivity contribution in [3.05, 3.63) is 34.9 Å². The van der Waals surface area contributed by atoms with Gasteiger partial charge in [0.05, 0.1) is 5.56 Å². The van der Waals surface area contributed by atoms with Crippen molar-refractivity contribution in [3.63, 3.8) is 0 Å². The zero-order chi connectivity index (χ0) is 10.8. The molecule has 14 heavy (non-hydrogen) atoms. The van der Waals surface area contributed by atoms with Gasteiger partial charge in [-0.15, -0.1) is 11.6 Å². The SMILES string of the molecule is CCc1ccc(CCl)c(C(F)(F)F)c1.